The largest absolute Gasteiger partial charge is 0.340 e. The third-order valence-corrected chi connectivity index (χ3v) is 6.87. The van der Waals surface area contributed by atoms with E-state index in [2.05, 4.69) is 10.3 Å². The highest BCUT2D eigenvalue weighted by Gasteiger charge is 2.28. The van der Waals surface area contributed by atoms with Crippen LogP contribution in [0.15, 0.2) is 24.7 Å². The lowest BCUT2D eigenvalue weighted by Crippen LogP contribution is -2.50. The summed E-state index contributed by atoms with van der Waals surface area (Å²) < 4.78 is 41.3. The molecule has 1 aromatic heterocycles. The number of aryl methyl sites for hydroxylation is 1. The van der Waals surface area contributed by atoms with Crippen LogP contribution in [0.3, 0.4) is 0 Å². The van der Waals surface area contributed by atoms with Gasteiger partial charge in [0, 0.05) is 37.9 Å². The monoisotopic (exact) mass is 514 g/mol. The molecule has 1 unspecified atom stereocenters. The van der Waals surface area contributed by atoms with Gasteiger partial charge in [0.15, 0.2) is 5.82 Å². The van der Waals surface area contributed by atoms with E-state index in [0.717, 1.165) is 0 Å². The van der Waals surface area contributed by atoms with Crippen LogP contribution in [-0.4, -0.2) is 59.7 Å². The molecule has 3 N–H and O–H groups in total. The molecule has 3 rings (SSSR count). The number of amides is 3. The number of hydrogen-bond acceptors (Lipinski definition) is 5. The van der Waals surface area contributed by atoms with Gasteiger partial charge in [0.2, 0.25) is 10.0 Å². The minimum atomic E-state index is -3.95. The summed E-state index contributed by atoms with van der Waals surface area (Å²) in [6.45, 7) is 4.52. The summed E-state index contributed by atoms with van der Waals surface area (Å²) in [7, 11) is -2.19. The molecular weight excluding hydrogens is 487 g/mol. The molecule has 2 aromatic rings. The number of carbonyl (C=O) groups is 2. The number of aromatic nitrogens is 2. The number of hydrogen-bond donors (Lipinski definition) is 3. The van der Waals surface area contributed by atoms with Crippen molar-refractivity contribution >= 4 is 33.6 Å². The first kappa shape index (κ1) is 25.9. The fraction of sp³-hybridized carbons (Fsp3) is 0.476. The number of rotatable bonds is 7. The van der Waals surface area contributed by atoms with E-state index in [1.807, 2.05) is 24.1 Å². The number of piperidine rings is 1. The minimum Gasteiger partial charge on any atom is -0.340 e. The molecule has 0 bridgehead atoms. The lowest BCUT2D eigenvalue weighted by molar-refractivity contribution is 0.0941. The van der Waals surface area contributed by atoms with E-state index in [1.54, 1.807) is 29.0 Å². The maximum atomic E-state index is 14.5. The molecule has 2 heterocycles. The number of sulfonamides is 1. The van der Waals surface area contributed by atoms with Crippen molar-refractivity contribution in [3.05, 3.63) is 41.1 Å². The van der Waals surface area contributed by atoms with Crippen molar-refractivity contribution in [2.75, 3.05) is 18.8 Å². The molecular formula is C21H28ClFN6O4S. The van der Waals surface area contributed by atoms with Crippen LogP contribution in [0.4, 0.5) is 9.18 Å². The van der Waals surface area contributed by atoms with Crippen LogP contribution < -0.4 is 15.6 Å². The number of nitrogens with one attached hydrogen (secondary N) is 3. The van der Waals surface area contributed by atoms with E-state index in [0.29, 0.717) is 30.6 Å². The molecule has 34 heavy (non-hydrogen) atoms. The molecule has 1 saturated heterocycles. The smallest absolute Gasteiger partial charge is 0.317 e. The van der Waals surface area contributed by atoms with Crippen molar-refractivity contribution in [2.24, 2.45) is 13.0 Å². The van der Waals surface area contributed by atoms with E-state index in [4.69, 9.17) is 11.6 Å². The fourth-order valence-electron chi connectivity index (χ4n) is 3.73. The van der Waals surface area contributed by atoms with E-state index in [-0.39, 0.29) is 35.3 Å². The molecule has 10 nitrogen and oxygen atoms in total. The number of hydrazine groups is 1. The predicted molar refractivity (Wildman–Crippen MR) is 126 cm³/mol. The standard InChI is InChI=1S/C21H28ClFN6O4S/c1-13(2)25-21(31)29-6-4-5-14(9-29)11-34(32,33)27-26-20(30)16-7-15(8-17(22)19(16)23)18-10-28(3)12-24-18/h7-8,10,12-14,27H,4-6,9,11H2,1-3H3,(H,25,31)(H,26,30). The number of urea groups is 1. The number of carbonyl (C=O) groups excluding carboxylic acids is 2. The van der Waals surface area contributed by atoms with Gasteiger partial charge in [0.1, 0.15) is 0 Å². The van der Waals surface area contributed by atoms with Crippen molar-refractivity contribution in [1.82, 2.24) is 30.0 Å². The first-order chi connectivity index (χ1) is 15.9. The summed E-state index contributed by atoms with van der Waals surface area (Å²) in [6.07, 6.45) is 4.50. The number of likely N-dealkylation sites (tertiary alicyclic amines) is 1. The van der Waals surface area contributed by atoms with Crippen molar-refractivity contribution < 1.29 is 22.4 Å². The van der Waals surface area contributed by atoms with Crippen LogP contribution in [0.5, 0.6) is 0 Å². The summed E-state index contributed by atoms with van der Waals surface area (Å²) in [5.74, 6) is -2.57. The molecule has 186 valence electrons. The molecule has 0 saturated carbocycles. The third kappa shape index (κ3) is 6.67. The number of imidazole rings is 1. The Kier molecular flexibility index (Phi) is 8.16. The maximum absolute atomic E-state index is 14.5. The van der Waals surface area contributed by atoms with Crippen molar-refractivity contribution in [3.63, 3.8) is 0 Å². The second kappa shape index (κ2) is 10.7. The van der Waals surface area contributed by atoms with Gasteiger partial charge in [0.05, 0.1) is 28.4 Å². The third-order valence-electron chi connectivity index (χ3n) is 5.27. The Morgan fingerprint density at radius 2 is 2.06 bits per heavy atom. The summed E-state index contributed by atoms with van der Waals surface area (Å²) in [6, 6.07) is 2.32. The highest BCUT2D eigenvalue weighted by atomic mass is 35.5. The Morgan fingerprint density at radius 1 is 1.32 bits per heavy atom. The van der Waals surface area contributed by atoms with E-state index in [9.17, 15) is 22.4 Å². The van der Waals surface area contributed by atoms with Gasteiger partial charge < -0.3 is 14.8 Å². The van der Waals surface area contributed by atoms with Crippen molar-refractivity contribution in [1.29, 1.82) is 0 Å². The van der Waals surface area contributed by atoms with Crippen molar-refractivity contribution in [2.45, 2.75) is 32.7 Å². The Bertz CT molecular complexity index is 1170. The highest BCUT2D eigenvalue weighted by molar-refractivity contribution is 7.89. The fourth-order valence-corrected chi connectivity index (χ4v) is 5.17. The zero-order chi connectivity index (χ0) is 25.0. The second-order valence-electron chi connectivity index (χ2n) is 8.64. The van der Waals surface area contributed by atoms with Gasteiger partial charge in [0.25, 0.3) is 5.91 Å². The molecule has 13 heteroatoms. The quantitative estimate of drug-likeness (QED) is 0.489. The molecule has 3 amide bonds. The maximum Gasteiger partial charge on any atom is 0.317 e. The first-order valence-corrected chi connectivity index (χ1v) is 12.8. The van der Waals surface area contributed by atoms with Gasteiger partial charge in [-0.15, -0.1) is 4.83 Å². The van der Waals surface area contributed by atoms with E-state index in [1.165, 1.54) is 12.1 Å². The molecule has 0 spiro atoms. The van der Waals surface area contributed by atoms with Crippen LogP contribution in [0.2, 0.25) is 5.02 Å². The molecule has 1 aliphatic rings. The Labute approximate surface area is 202 Å². The normalized spacial score (nSPS) is 16.5. The number of nitrogens with zero attached hydrogens (tertiary/aromatic N) is 3. The Hall–Kier alpha value is -2.70. The molecule has 0 aliphatic carbocycles. The van der Waals surface area contributed by atoms with Crippen LogP contribution in [0.25, 0.3) is 11.3 Å². The molecule has 1 aromatic carbocycles. The minimum absolute atomic E-state index is 0.0291. The van der Waals surface area contributed by atoms with Crippen molar-refractivity contribution in [3.8, 4) is 11.3 Å². The number of benzene rings is 1. The lowest BCUT2D eigenvalue weighted by Gasteiger charge is -2.33. The van der Waals surface area contributed by atoms with Gasteiger partial charge in [-0.3, -0.25) is 10.2 Å². The van der Waals surface area contributed by atoms with Gasteiger partial charge in [-0.25, -0.2) is 22.6 Å². The van der Waals surface area contributed by atoms with Gasteiger partial charge in [-0.05, 0) is 44.7 Å². The van der Waals surface area contributed by atoms with Crippen LogP contribution in [0.1, 0.15) is 37.0 Å². The van der Waals surface area contributed by atoms with E-state index >= 15 is 0 Å². The van der Waals surface area contributed by atoms with Gasteiger partial charge >= 0.3 is 6.03 Å². The summed E-state index contributed by atoms with van der Waals surface area (Å²) in [5.41, 5.74) is 2.50. The predicted octanol–water partition coefficient (Wildman–Crippen LogP) is 2.27. The molecule has 1 aliphatic heterocycles. The topological polar surface area (TPSA) is 125 Å². The molecule has 1 fully saturated rings. The summed E-state index contributed by atoms with van der Waals surface area (Å²) >= 11 is 5.94. The first-order valence-electron chi connectivity index (χ1n) is 10.8. The molecule has 0 radical (unpaired) electrons. The lowest BCUT2D eigenvalue weighted by atomic mass is 10.0. The zero-order valence-electron chi connectivity index (χ0n) is 19.1. The highest BCUT2D eigenvalue weighted by Crippen LogP contribution is 2.27. The van der Waals surface area contributed by atoms with Gasteiger partial charge in [-0.2, -0.15) is 0 Å². The average molecular weight is 515 g/mol. The number of halogens is 2. The zero-order valence-corrected chi connectivity index (χ0v) is 20.7. The summed E-state index contributed by atoms with van der Waals surface area (Å²) in [4.78, 5) is 32.5. The van der Waals surface area contributed by atoms with Crippen LogP contribution in [-0.2, 0) is 17.1 Å². The second-order valence-corrected chi connectivity index (χ2v) is 10.8. The van der Waals surface area contributed by atoms with E-state index < -0.39 is 27.3 Å². The van der Waals surface area contributed by atoms with Crippen LogP contribution in [0, 0.1) is 11.7 Å². The SMILES string of the molecule is CC(C)NC(=O)N1CCCC(CS(=O)(=O)NNC(=O)c2cc(-c3cn(C)cn3)cc(Cl)c2F)C1. The average Bonchev–Trinajstić information content (AvgIpc) is 3.19. The Morgan fingerprint density at radius 3 is 2.71 bits per heavy atom. The van der Waals surface area contributed by atoms with Crippen LogP contribution >= 0.6 is 11.6 Å². The summed E-state index contributed by atoms with van der Waals surface area (Å²) in [5, 5.41) is 2.50. The Balaban J connectivity index is 1.64. The van der Waals surface area contributed by atoms with Gasteiger partial charge in [-0.1, -0.05) is 11.6 Å². The molecule has 1 atom stereocenters.